The van der Waals surface area contributed by atoms with Crippen LogP contribution in [0.4, 0.5) is 5.69 Å². The predicted octanol–water partition coefficient (Wildman–Crippen LogP) is 3.02. The quantitative estimate of drug-likeness (QED) is 0.540. The Hall–Kier alpha value is -2.80. The first-order chi connectivity index (χ1) is 12.2. The SMILES string of the molecule is O=[N+]([O-])c1cccc(CN2CCC(c3nnc4ccccn34)CC2)c1. The summed E-state index contributed by atoms with van der Waals surface area (Å²) in [6, 6.07) is 12.8. The summed E-state index contributed by atoms with van der Waals surface area (Å²) in [4.78, 5) is 12.9. The van der Waals surface area contributed by atoms with Gasteiger partial charge in [0.15, 0.2) is 5.65 Å². The zero-order valence-electron chi connectivity index (χ0n) is 13.8. The number of nitro groups is 1. The Labute approximate surface area is 145 Å². The number of hydrogen-bond acceptors (Lipinski definition) is 5. The van der Waals surface area contributed by atoms with Crippen LogP contribution in [0.5, 0.6) is 0 Å². The highest BCUT2D eigenvalue weighted by atomic mass is 16.6. The fourth-order valence-electron chi connectivity index (χ4n) is 3.51. The Morgan fingerprint density at radius 3 is 2.76 bits per heavy atom. The highest BCUT2D eigenvalue weighted by Gasteiger charge is 2.24. The van der Waals surface area contributed by atoms with E-state index in [1.807, 2.05) is 30.5 Å². The molecule has 4 rings (SSSR count). The third kappa shape index (κ3) is 3.23. The molecule has 7 nitrogen and oxygen atoms in total. The van der Waals surface area contributed by atoms with Crippen LogP contribution in [0.25, 0.3) is 5.65 Å². The second kappa shape index (κ2) is 6.60. The lowest BCUT2D eigenvalue weighted by atomic mass is 9.95. The zero-order valence-corrected chi connectivity index (χ0v) is 13.8. The number of rotatable bonds is 4. The largest absolute Gasteiger partial charge is 0.299 e. The summed E-state index contributed by atoms with van der Waals surface area (Å²) in [5, 5.41) is 19.5. The average molecular weight is 337 g/mol. The van der Waals surface area contributed by atoms with Gasteiger partial charge in [0.2, 0.25) is 0 Å². The lowest BCUT2D eigenvalue weighted by molar-refractivity contribution is -0.384. The molecule has 7 heteroatoms. The van der Waals surface area contributed by atoms with Crippen LogP contribution in [-0.4, -0.2) is 37.5 Å². The van der Waals surface area contributed by atoms with Crippen LogP contribution in [0.1, 0.15) is 30.1 Å². The lowest BCUT2D eigenvalue weighted by Crippen LogP contribution is -2.33. The maximum Gasteiger partial charge on any atom is 0.269 e. The number of benzene rings is 1. The second-order valence-corrected chi connectivity index (χ2v) is 6.46. The minimum absolute atomic E-state index is 0.155. The lowest BCUT2D eigenvalue weighted by Gasteiger charge is -2.31. The maximum atomic E-state index is 10.9. The number of piperidine rings is 1. The fourth-order valence-corrected chi connectivity index (χ4v) is 3.51. The van der Waals surface area contributed by atoms with E-state index < -0.39 is 0 Å². The fraction of sp³-hybridized carbons (Fsp3) is 0.333. The zero-order chi connectivity index (χ0) is 17.2. The summed E-state index contributed by atoms with van der Waals surface area (Å²) in [6.45, 7) is 2.65. The van der Waals surface area contributed by atoms with Crippen LogP contribution < -0.4 is 0 Å². The molecule has 1 aliphatic heterocycles. The van der Waals surface area contributed by atoms with Crippen LogP contribution in [0.2, 0.25) is 0 Å². The molecule has 3 aromatic rings. The minimum Gasteiger partial charge on any atom is -0.299 e. The molecule has 1 saturated heterocycles. The molecule has 0 amide bonds. The molecule has 0 bridgehead atoms. The standard InChI is InChI=1S/C18H19N5O2/c24-23(25)16-5-3-4-14(12-16)13-21-10-7-15(8-11-21)18-20-19-17-6-1-2-9-22(17)18/h1-6,9,12,15H,7-8,10-11,13H2. The predicted molar refractivity (Wildman–Crippen MR) is 93.3 cm³/mol. The average Bonchev–Trinajstić information content (AvgIpc) is 3.07. The van der Waals surface area contributed by atoms with E-state index in [9.17, 15) is 10.1 Å². The van der Waals surface area contributed by atoms with Gasteiger partial charge in [0.25, 0.3) is 5.69 Å². The van der Waals surface area contributed by atoms with Gasteiger partial charge in [0.05, 0.1) is 4.92 Å². The number of hydrogen-bond donors (Lipinski definition) is 0. The van der Waals surface area contributed by atoms with E-state index in [0.717, 1.165) is 49.5 Å². The van der Waals surface area contributed by atoms with Gasteiger partial charge in [-0.15, -0.1) is 10.2 Å². The first-order valence-corrected chi connectivity index (χ1v) is 8.46. The van der Waals surface area contributed by atoms with E-state index in [1.54, 1.807) is 12.1 Å². The molecule has 0 unspecified atom stereocenters. The van der Waals surface area contributed by atoms with Gasteiger partial charge >= 0.3 is 0 Å². The molecule has 25 heavy (non-hydrogen) atoms. The summed E-state index contributed by atoms with van der Waals surface area (Å²) in [6.07, 6.45) is 4.05. The molecule has 0 radical (unpaired) electrons. The Morgan fingerprint density at radius 1 is 1.12 bits per heavy atom. The molecule has 0 saturated carbocycles. The number of nitro benzene ring substituents is 1. The number of aromatic nitrogens is 3. The number of likely N-dealkylation sites (tertiary alicyclic amines) is 1. The summed E-state index contributed by atoms with van der Waals surface area (Å²) in [7, 11) is 0. The van der Waals surface area contributed by atoms with Crippen LogP contribution in [0.15, 0.2) is 48.7 Å². The number of nitrogens with zero attached hydrogens (tertiary/aromatic N) is 5. The molecular weight excluding hydrogens is 318 g/mol. The van der Waals surface area contributed by atoms with E-state index in [2.05, 4.69) is 19.5 Å². The maximum absolute atomic E-state index is 10.9. The smallest absolute Gasteiger partial charge is 0.269 e. The molecule has 3 heterocycles. The Bertz CT molecular complexity index is 899. The molecule has 0 spiro atoms. The molecule has 0 N–H and O–H groups in total. The minimum atomic E-state index is -0.341. The van der Waals surface area contributed by atoms with Crippen LogP contribution in [0.3, 0.4) is 0 Å². The van der Waals surface area contributed by atoms with Crippen molar-refractivity contribution in [2.45, 2.75) is 25.3 Å². The molecule has 128 valence electrons. The van der Waals surface area contributed by atoms with Crippen molar-refractivity contribution in [1.82, 2.24) is 19.5 Å². The van der Waals surface area contributed by atoms with Crippen molar-refractivity contribution in [2.24, 2.45) is 0 Å². The van der Waals surface area contributed by atoms with Crippen molar-refractivity contribution in [1.29, 1.82) is 0 Å². The van der Waals surface area contributed by atoms with Gasteiger partial charge in [-0.2, -0.15) is 0 Å². The summed E-state index contributed by atoms with van der Waals surface area (Å²) < 4.78 is 2.07. The van der Waals surface area contributed by atoms with E-state index in [4.69, 9.17) is 0 Å². The van der Waals surface area contributed by atoms with Crippen molar-refractivity contribution in [2.75, 3.05) is 13.1 Å². The molecule has 1 fully saturated rings. The topological polar surface area (TPSA) is 76.6 Å². The van der Waals surface area contributed by atoms with E-state index in [0.29, 0.717) is 5.92 Å². The molecule has 0 aliphatic carbocycles. The van der Waals surface area contributed by atoms with Crippen molar-refractivity contribution < 1.29 is 4.92 Å². The molecular formula is C18H19N5O2. The van der Waals surface area contributed by atoms with Crippen LogP contribution in [-0.2, 0) is 6.54 Å². The third-order valence-electron chi connectivity index (χ3n) is 4.82. The summed E-state index contributed by atoms with van der Waals surface area (Å²) in [5.41, 5.74) is 2.03. The Balaban J connectivity index is 1.42. The number of non-ortho nitro benzene ring substituents is 1. The van der Waals surface area contributed by atoms with Crippen molar-refractivity contribution in [3.05, 3.63) is 70.2 Å². The molecule has 1 aromatic carbocycles. The number of pyridine rings is 1. The van der Waals surface area contributed by atoms with Gasteiger partial charge in [-0.1, -0.05) is 18.2 Å². The second-order valence-electron chi connectivity index (χ2n) is 6.46. The first-order valence-electron chi connectivity index (χ1n) is 8.46. The number of fused-ring (bicyclic) bond motifs is 1. The van der Waals surface area contributed by atoms with Gasteiger partial charge in [-0.25, -0.2) is 0 Å². The molecule has 0 atom stereocenters. The van der Waals surface area contributed by atoms with Crippen molar-refractivity contribution in [3.63, 3.8) is 0 Å². The highest BCUT2D eigenvalue weighted by molar-refractivity contribution is 5.37. The van der Waals surface area contributed by atoms with Gasteiger partial charge < -0.3 is 0 Å². The van der Waals surface area contributed by atoms with Gasteiger partial charge in [0.1, 0.15) is 5.82 Å². The van der Waals surface area contributed by atoms with E-state index in [-0.39, 0.29) is 10.6 Å². The Morgan fingerprint density at radius 2 is 1.96 bits per heavy atom. The van der Waals surface area contributed by atoms with Gasteiger partial charge in [-0.3, -0.25) is 19.4 Å². The van der Waals surface area contributed by atoms with Crippen LogP contribution in [0, 0.1) is 10.1 Å². The summed E-state index contributed by atoms with van der Waals surface area (Å²) in [5.74, 6) is 1.43. The normalized spacial score (nSPS) is 16.3. The monoisotopic (exact) mass is 337 g/mol. The van der Waals surface area contributed by atoms with Crippen LogP contribution >= 0.6 is 0 Å². The molecule has 2 aromatic heterocycles. The molecule has 1 aliphatic rings. The summed E-state index contributed by atoms with van der Waals surface area (Å²) >= 11 is 0. The van der Waals surface area contributed by atoms with Crippen molar-refractivity contribution in [3.8, 4) is 0 Å². The van der Waals surface area contributed by atoms with Crippen molar-refractivity contribution >= 4 is 11.3 Å². The van der Waals surface area contributed by atoms with Gasteiger partial charge in [-0.05, 0) is 43.6 Å². The van der Waals surface area contributed by atoms with E-state index >= 15 is 0 Å². The van der Waals surface area contributed by atoms with Gasteiger partial charge in [0, 0.05) is 30.8 Å². The van der Waals surface area contributed by atoms with E-state index in [1.165, 1.54) is 6.07 Å². The Kier molecular flexibility index (Phi) is 4.15. The highest BCUT2D eigenvalue weighted by Crippen LogP contribution is 2.28. The first kappa shape index (κ1) is 15.7. The third-order valence-corrected chi connectivity index (χ3v) is 4.82.